The first-order valence-electron chi connectivity index (χ1n) is 6.75. The number of amides is 1. The highest BCUT2D eigenvalue weighted by molar-refractivity contribution is 5.76. The van der Waals surface area contributed by atoms with Gasteiger partial charge in [-0.1, -0.05) is 20.8 Å². The molecule has 126 valence electrons. The van der Waals surface area contributed by atoms with Gasteiger partial charge in [0.05, 0.1) is 0 Å². The minimum absolute atomic E-state index is 0.0636. The van der Waals surface area contributed by atoms with Gasteiger partial charge in [-0.25, -0.2) is 9.48 Å². The van der Waals surface area contributed by atoms with Crippen LogP contribution in [0.4, 0.5) is 13.2 Å². The lowest BCUT2D eigenvalue weighted by atomic mass is 9.96. The van der Waals surface area contributed by atoms with Gasteiger partial charge in [0.1, 0.15) is 18.9 Å². The van der Waals surface area contributed by atoms with Crippen molar-refractivity contribution in [3.8, 4) is 0 Å². The molecule has 0 radical (unpaired) electrons. The van der Waals surface area contributed by atoms with Gasteiger partial charge in [0.15, 0.2) is 0 Å². The molecule has 0 saturated heterocycles. The molecule has 9 heteroatoms. The summed E-state index contributed by atoms with van der Waals surface area (Å²) in [5.41, 5.74) is -1.03. The molecule has 1 heterocycles. The Bertz CT molecular complexity index is 580. The molecular formula is C13H21F3N4O2. The molecule has 0 saturated carbocycles. The van der Waals surface area contributed by atoms with Crippen molar-refractivity contribution < 1.29 is 18.0 Å². The Labute approximate surface area is 126 Å². The van der Waals surface area contributed by atoms with E-state index in [0.717, 1.165) is 9.58 Å². The van der Waals surface area contributed by atoms with E-state index in [0.29, 0.717) is 5.82 Å². The first kappa shape index (κ1) is 18.2. The Balaban J connectivity index is 2.96. The maximum atomic E-state index is 12.6. The summed E-state index contributed by atoms with van der Waals surface area (Å²) < 4.78 is 40.0. The highest BCUT2D eigenvalue weighted by atomic mass is 19.4. The Morgan fingerprint density at radius 3 is 2.14 bits per heavy atom. The van der Waals surface area contributed by atoms with Crippen LogP contribution in [-0.2, 0) is 18.4 Å². The lowest BCUT2D eigenvalue weighted by molar-refractivity contribution is -0.164. The number of hydrogen-bond donors (Lipinski definition) is 0. The zero-order valence-corrected chi connectivity index (χ0v) is 13.4. The van der Waals surface area contributed by atoms with E-state index in [1.165, 1.54) is 11.6 Å². The van der Waals surface area contributed by atoms with Crippen LogP contribution in [0.5, 0.6) is 0 Å². The van der Waals surface area contributed by atoms with Crippen LogP contribution in [0.1, 0.15) is 26.6 Å². The van der Waals surface area contributed by atoms with Crippen LogP contribution in [-0.4, -0.2) is 44.4 Å². The van der Waals surface area contributed by atoms with Crippen molar-refractivity contribution in [1.82, 2.24) is 19.2 Å². The van der Waals surface area contributed by atoms with Crippen molar-refractivity contribution >= 4 is 5.91 Å². The Morgan fingerprint density at radius 1 is 1.23 bits per heavy atom. The lowest BCUT2D eigenvalue weighted by Gasteiger charge is -2.30. The predicted molar refractivity (Wildman–Crippen MR) is 74.3 cm³/mol. The van der Waals surface area contributed by atoms with Crippen LogP contribution in [0.25, 0.3) is 0 Å². The molecule has 0 aromatic carbocycles. The second-order valence-electron chi connectivity index (χ2n) is 6.47. The SMILES string of the molecule is Cc1nn(CC(=O)N(CC(C)(C)C)CC(F)(F)F)c(=O)n1C. The topological polar surface area (TPSA) is 60.1 Å². The Kier molecular flexibility index (Phi) is 5.09. The lowest BCUT2D eigenvalue weighted by Crippen LogP contribution is -2.45. The molecule has 0 atom stereocenters. The summed E-state index contributed by atoms with van der Waals surface area (Å²) in [5, 5.41) is 3.86. The van der Waals surface area contributed by atoms with E-state index >= 15 is 0 Å². The zero-order valence-electron chi connectivity index (χ0n) is 13.4. The fourth-order valence-electron chi connectivity index (χ4n) is 1.95. The van der Waals surface area contributed by atoms with E-state index in [2.05, 4.69) is 5.10 Å². The number of halogens is 3. The van der Waals surface area contributed by atoms with Gasteiger partial charge in [0.25, 0.3) is 0 Å². The van der Waals surface area contributed by atoms with E-state index in [1.54, 1.807) is 27.7 Å². The number of carbonyl (C=O) groups excluding carboxylic acids is 1. The van der Waals surface area contributed by atoms with Gasteiger partial charge in [0.2, 0.25) is 5.91 Å². The third-order valence-electron chi connectivity index (χ3n) is 2.93. The van der Waals surface area contributed by atoms with Gasteiger partial charge in [-0.3, -0.25) is 9.36 Å². The van der Waals surface area contributed by atoms with Crippen LogP contribution >= 0.6 is 0 Å². The molecule has 22 heavy (non-hydrogen) atoms. The van der Waals surface area contributed by atoms with Crippen molar-refractivity contribution in [2.24, 2.45) is 12.5 Å². The molecule has 6 nitrogen and oxygen atoms in total. The summed E-state index contributed by atoms with van der Waals surface area (Å²) in [4.78, 5) is 24.7. The van der Waals surface area contributed by atoms with Gasteiger partial charge in [0, 0.05) is 13.6 Å². The molecule has 0 bridgehead atoms. The minimum Gasteiger partial charge on any atom is -0.331 e. The molecule has 0 aliphatic heterocycles. The summed E-state index contributed by atoms with van der Waals surface area (Å²) in [6, 6.07) is 0. The van der Waals surface area contributed by atoms with Gasteiger partial charge in [-0.15, -0.1) is 0 Å². The van der Waals surface area contributed by atoms with E-state index in [4.69, 9.17) is 0 Å². The van der Waals surface area contributed by atoms with E-state index < -0.39 is 36.3 Å². The molecule has 1 aromatic rings. The van der Waals surface area contributed by atoms with Crippen LogP contribution in [0.15, 0.2) is 4.79 Å². The quantitative estimate of drug-likeness (QED) is 0.840. The third kappa shape index (κ3) is 5.19. The second kappa shape index (κ2) is 6.13. The first-order chi connectivity index (χ1) is 9.80. The van der Waals surface area contributed by atoms with Crippen LogP contribution in [0, 0.1) is 12.3 Å². The van der Waals surface area contributed by atoms with Crippen LogP contribution in [0.2, 0.25) is 0 Å². The molecule has 0 unspecified atom stereocenters. The molecule has 1 aromatic heterocycles. The molecule has 0 aliphatic carbocycles. The Hall–Kier alpha value is -1.80. The summed E-state index contributed by atoms with van der Waals surface area (Å²) >= 11 is 0. The largest absolute Gasteiger partial charge is 0.406 e. The van der Waals surface area contributed by atoms with Crippen molar-refractivity contribution in [3.05, 3.63) is 16.3 Å². The average Bonchev–Trinajstić information content (AvgIpc) is 2.52. The maximum absolute atomic E-state index is 12.6. The van der Waals surface area contributed by atoms with Gasteiger partial charge in [-0.05, 0) is 12.3 Å². The molecular weight excluding hydrogens is 301 g/mol. The molecule has 1 rings (SSSR count). The number of carbonyl (C=O) groups is 1. The van der Waals surface area contributed by atoms with Crippen LogP contribution < -0.4 is 5.69 Å². The van der Waals surface area contributed by atoms with E-state index in [9.17, 15) is 22.8 Å². The fraction of sp³-hybridized carbons (Fsp3) is 0.769. The van der Waals surface area contributed by atoms with Crippen LogP contribution in [0.3, 0.4) is 0 Å². The fourth-order valence-corrected chi connectivity index (χ4v) is 1.95. The normalized spacial score (nSPS) is 12.5. The first-order valence-corrected chi connectivity index (χ1v) is 6.75. The van der Waals surface area contributed by atoms with Gasteiger partial charge >= 0.3 is 11.9 Å². The molecule has 0 spiro atoms. The van der Waals surface area contributed by atoms with Crippen molar-refractivity contribution in [2.75, 3.05) is 13.1 Å². The number of alkyl halides is 3. The summed E-state index contributed by atoms with van der Waals surface area (Å²) in [7, 11) is 1.48. The summed E-state index contributed by atoms with van der Waals surface area (Å²) in [6.07, 6.45) is -4.49. The second-order valence-corrected chi connectivity index (χ2v) is 6.47. The van der Waals surface area contributed by atoms with Crippen molar-refractivity contribution in [2.45, 2.75) is 40.4 Å². The summed E-state index contributed by atoms with van der Waals surface area (Å²) in [6.45, 7) is 4.87. The maximum Gasteiger partial charge on any atom is 0.406 e. The highest BCUT2D eigenvalue weighted by Gasteiger charge is 2.35. The highest BCUT2D eigenvalue weighted by Crippen LogP contribution is 2.21. The van der Waals surface area contributed by atoms with E-state index in [-0.39, 0.29) is 6.54 Å². The predicted octanol–water partition coefficient (Wildman–Crippen LogP) is 1.33. The number of rotatable bonds is 4. The number of hydrogen-bond acceptors (Lipinski definition) is 3. The molecule has 0 fully saturated rings. The van der Waals surface area contributed by atoms with Gasteiger partial charge in [-0.2, -0.15) is 18.3 Å². The number of aryl methyl sites for hydroxylation is 1. The van der Waals surface area contributed by atoms with Gasteiger partial charge < -0.3 is 4.90 Å². The zero-order chi connectivity index (χ0) is 17.3. The molecule has 0 N–H and O–H groups in total. The number of aromatic nitrogens is 3. The average molecular weight is 322 g/mol. The minimum atomic E-state index is -4.49. The molecule has 0 aliphatic rings. The molecule has 1 amide bonds. The van der Waals surface area contributed by atoms with Crippen molar-refractivity contribution in [1.29, 1.82) is 0 Å². The number of nitrogens with zero attached hydrogens (tertiary/aromatic N) is 4. The monoisotopic (exact) mass is 322 g/mol. The Morgan fingerprint density at radius 2 is 1.77 bits per heavy atom. The smallest absolute Gasteiger partial charge is 0.331 e. The third-order valence-corrected chi connectivity index (χ3v) is 2.93. The van der Waals surface area contributed by atoms with Crippen molar-refractivity contribution in [3.63, 3.8) is 0 Å². The van der Waals surface area contributed by atoms with E-state index in [1.807, 2.05) is 0 Å². The standard InChI is InChI=1S/C13H21F3N4O2/c1-9-17-20(11(22)18(9)5)6-10(21)19(7-12(2,3)4)8-13(14,15)16/h6-8H2,1-5H3. The summed E-state index contributed by atoms with van der Waals surface area (Å²) in [5.74, 6) is -0.400.